The van der Waals surface area contributed by atoms with Gasteiger partial charge in [-0.05, 0) is 41.0 Å². The summed E-state index contributed by atoms with van der Waals surface area (Å²) < 4.78 is 6.85. The number of hydrogen-bond donors (Lipinski definition) is 1. The molecule has 0 saturated carbocycles. The lowest BCUT2D eigenvalue weighted by atomic mass is 9.68. The van der Waals surface area contributed by atoms with Gasteiger partial charge in [0.25, 0.3) is 0 Å². The van der Waals surface area contributed by atoms with Crippen LogP contribution in [0.3, 0.4) is 0 Å². The van der Waals surface area contributed by atoms with Crippen molar-refractivity contribution in [3.8, 4) is 0 Å². The van der Waals surface area contributed by atoms with Gasteiger partial charge >= 0.3 is 0 Å². The lowest BCUT2D eigenvalue weighted by molar-refractivity contribution is 0.0981. The van der Waals surface area contributed by atoms with Crippen LogP contribution in [0.1, 0.15) is 68.2 Å². The second-order valence-corrected chi connectivity index (χ2v) is 13.8. The van der Waals surface area contributed by atoms with Gasteiger partial charge in [-0.3, -0.25) is 0 Å². The molecule has 0 unspecified atom stereocenters. The molecule has 0 aromatic heterocycles. The maximum absolute atomic E-state index is 9.79. The minimum atomic E-state index is -1.84. The smallest absolute Gasteiger partial charge is 0.200 e. The van der Waals surface area contributed by atoms with E-state index in [-0.39, 0.29) is 12.0 Å². The minimum Gasteiger partial charge on any atom is -0.415 e. The van der Waals surface area contributed by atoms with E-state index in [0.717, 1.165) is 13.0 Å². The number of hydrogen-bond acceptors (Lipinski definition) is 2. The third-order valence-electron chi connectivity index (χ3n) is 6.31. The fourth-order valence-electron chi connectivity index (χ4n) is 4.63. The third kappa shape index (κ3) is 3.52. The largest absolute Gasteiger partial charge is 0.415 e. The molecule has 0 aromatic carbocycles. The van der Waals surface area contributed by atoms with Gasteiger partial charge in [0, 0.05) is 12.0 Å². The van der Waals surface area contributed by atoms with E-state index in [1.807, 2.05) is 0 Å². The third-order valence-corrected chi connectivity index (χ3v) is 12.4. The van der Waals surface area contributed by atoms with Crippen LogP contribution in [0.4, 0.5) is 0 Å². The van der Waals surface area contributed by atoms with Gasteiger partial charge in [-0.1, -0.05) is 61.5 Å². The number of aliphatic hydroxyl groups excluding tert-OH is 1. The molecule has 1 N–H and O–H groups in total. The van der Waals surface area contributed by atoms with E-state index in [9.17, 15) is 5.11 Å². The number of allylic oxidation sites excluding steroid dienone is 1. The van der Waals surface area contributed by atoms with Crippen molar-refractivity contribution in [3.05, 3.63) is 11.6 Å². The Balaban J connectivity index is 3.05. The Bertz CT molecular complexity index is 365. The summed E-state index contributed by atoms with van der Waals surface area (Å²) in [5, 5.41) is 9.79. The predicted molar refractivity (Wildman–Crippen MR) is 98.7 cm³/mol. The van der Waals surface area contributed by atoms with Crippen molar-refractivity contribution in [2.75, 3.05) is 13.2 Å². The Morgan fingerprint density at radius 1 is 1.18 bits per heavy atom. The summed E-state index contributed by atoms with van der Waals surface area (Å²) in [5.41, 5.74) is 3.00. The molecule has 1 aliphatic rings. The summed E-state index contributed by atoms with van der Waals surface area (Å²) in [6.07, 6.45) is 4.53. The summed E-state index contributed by atoms with van der Waals surface area (Å²) in [4.78, 5) is 0. The molecule has 130 valence electrons. The van der Waals surface area contributed by atoms with Gasteiger partial charge in [0.05, 0.1) is 6.61 Å². The summed E-state index contributed by atoms with van der Waals surface area (Å²) >= 11 is 0. The SMILES string of the molecule is CC(C)[Si](OC[C@@]1(C)C(CO)=CCC[C@@H]1C)(C(C)C)C(C)C. The van der Waals surface area contributed by atoms with Crippen molar-refractivity contribution in [2.45, 2.75) is 84.9 Å². The molecule has 0 fully saturated rings. The first-order valence-corrected chi connectivity index (χ1v) is 11.2. The Labute approximate surface area is 139 Å². The normalized spacial score (nSPS) is 26.9. The van der Waals surface area contributed by atoms with Crippen LogP contribution in [0.5, 0.6) is 0 Å². The van der Waals surface area contributed by atoms with Crippen LogP contribution in [-0.4, -0.2) is 26.6 Å². The average molecular weight is 327 g/mol. The standard InChI is InChI=1S/C19H38O2Si/c1-14(2)22(15(3)4,16(5)6)21-13-19(8)17(7)10-9-11-18(19)12-20/h11,14-17,20H,9-10,12-13H2,1-8H3/t17-,19+/m0/s1. The number of rotatable bonds is 7. The maximum Gasteiger partial charge on any atom is 0.200 e. The molecule has 2 nitrogen and oxygen atoms in total. The molecular formula is C19H38O2Si. The Morgan fingerprint density at radius 2 is 1.68 bits per heavy atom. The molecule has 1 aliphatic carbocycles. The van der Waals surface area contributed by atoms with Crippen molar-refractivity contribution in [1.29, 1.82) is 0 Å². The molecule has 0 heterocycles. The van der Waals surface area contributed by atoms with Crippen LogP contribution in [0, 0.1) is 11.3 Å². The molecule has 2 atom stereocenters. The topological polar surface area (TPSA) is 29.5 Å². The first-order valence-electron chi connectivity index (χ1n) is 9.07. The monoisotopic (exact) mass is 326 g/mol. The first kappa shape index (κ1) is 19.9. The van der Waals surface area contributed by atoms with Crippen LogP contribution in [0.15, 0.2) is 11.6 Å². The Kier molecular flexibility index (Phi) is 6.91. The molecule has 3 heteroatoms. The summed E-state index contributed by atoms with van der Waals surface area (Å²) in [6.45, 7) is 19.6. The van der Waals surface area contributed by atoms with Crippen molar-refractivity contribution in [1.82, 2.24) is 0 Å². The highest BCUT2D eigenvalue weighted by Crippen LogP contribution is 2.47. The molecule has 22 heavy (non-hydrogen) atoms. The molecule has 0 aliphatic heterocycles. The molecule has 1 rings (SSSR count). The van der Waals surface area contributed by atoms with E-state index >= 15 is 0 Å². The van der Waals surface area contributed by atoms with Crippen molar-refractivity contribution in [2.24, 2.45) is 11.3 Å². The molecule has 0 amide bonds. The van der Waals surface area contributed by atoms with E-state index in [2.05, 4.69) is 61.5 Å². The highest BCUT2D eigenvalue weighted by Gasteiger charge is 2.47. The van der Waals surface area contributed by atoms with E-state index in [1.54, 1.807) is 0 Å². The fraction of sp³-hybridized carbons (Fsp3) is 0.895. The van der Waals surface area contributed by atoms with Gasteiger partial charge in [-0.25, -0.2) is 0 Å². The van der Waals surface area contributed by atoms with Gasteiger partial charge in [0.2, 0.25) is 0 Å². The van der Waals surface area contributed by atoms with Gasteiger partial charge in [0.15, 0.2) is 8.32 Å². The van der Waals surface area contributed by atoms with Crippen molar-refractivity contribution < 1.29 is 9.53 Å². The summed E-state index contributed by atoms with van der Waals surface area (Å²) in [5.74, 6) is 0.567. The second kappa shape index (κ2) is 7.63. The zero-order valence-corrected chi connectivity index (χ0v) is 17.1. The molecule has 0 spiro atoms. The van der Waals surface area contributed by atoms with E-state index < -0.39 is 8.32 Å². The first-order chi connectivity index (χ1) is 10.1. The van der Waals surface area contributed by atoms with Crippen LogP contribution < -0.4 is 0 Å². The maximum atomic E-state index is 9.79. The minimum absolute atomic E-state index is 0.01000. The fourth-order valence-corrected chi connectivity index (χ4v) is 10.2. The van der Waals surface area contributed by atoms with E-state index in [0.29, 0.717) is 22.5 Å². The zero-order valence-electron chi connectivity index (χ0n) is 16.1. The molecule has 0 aromatic rings. The van der Waals surface area contributed by atoms with Crippen LogP contribution >= 0.6 is 0 Å². The average Bonchev–Trinajstić information content (AvgIpc) is 2.41. The van der Waals surface area contributed by atoms with Crippen LogP contribution in [0.25, 0.3) is 0 Å². The molecule has 0 bridgehead atoms. The Morgan fingerprint density at radius 3 is 2.09 bits per heavy atom. The lowest BCUT2D eigenvalue weighted by Crippen LogP contribution is -2.51. The van der Waals surface area contributed by atoms with E-state index in [1.165, 1.54) is 12.0 Å². The van der Waals surface area contributed by atoms with Gasteiger partial charge in [0.1, 0.15) is 0 Å². The summed E-state index contributed by atoms with van der Waals surface area (Å²) in [7, 11) is -1.84. The number of aliphatic hydroxyl groups is 1. The van der Waals surface area contributed by atoms with Crippen molar-refractivity contribution in [3.63, 3.8) is 0 Å². The summed E-state index contributed by atoms with van der Waals surface area (Å²) in [6, 6.07) is 0. The van der Waals surface area contributed by atoms with Crippen molar-refractivity contribution >= 4 is 8.32 Å². The molecule has 0 radical (unpaired) electrons. The van der Waals surface area contributed by atoms with E-state index in [4.69, 9.17) is 4.43 Å². The predicted octanol–water partition coefficient (Wildman–Crippen LogP) is 5.53. The van der Waals surface area contributed by atoms with Gasteiger partial charge in [-0.15, -0.1) is 0 Å². The van der Waals surface area contributed by atoms with Crippen LogP contribution in [0.2, 0.25) is 16.6 Å². The zero-order chi connectivity index (χ0) is 17.1. The second-order valence-electron chi connectivity index (χ2n) is 8.39. The van der Waals surface area contributed by atoms with Crippen LogP contribution in [-0.2, 0) is 4.43 Å². The quantitative estimate of drug-likeness (QED) is 0.492. The highest BCUT2D eigenvalue weighted by molar-refractivity contribution is 6.77. The van der Waals surface area contributed by atoms with Gasteiger partial charge < -0.3 is 9.53 Å². The van der Waals surface area contributed by atoms with Gasteiger partial charge in [-0.2, -0.15) is 0 Å². The molecule has 0 saturated heterocycles. The highest BCUT2D eigenvalue weighted by atomic mass is 28.4. The molecular weight excluding hydrogens is 288 g/mol. The Hall–Kier alpha value is -0.123. The lowest BCUT2D eigenvalue weighted by Gasteiger charge is -2.47.